The fraction of sp³-hybridized carbons (Fsp3) is 0.571. The zero-order valence-corrected chi connectivity index (χ0v) is 12.0. The van der Waals surface area contributed by atoms with E-state index in [4.69, 9.17) is 0 Å². The fourth-order valence-electron chi connectivity index (χ4n) is 2.73. The lowest BCUT2D eigenvalue weighted by Gasteiger charge is -2.31. The first-order valence-electron chi connectivity index (χ1n) is 6.25. The van der Waals surface area contributed by atoms with Crippen molar-refractivity contribution in [3.8, 4) is 0 Å². The SMILES string of the molecule is CC(C)C1CCCN1c1cccc(F)c1CBr. The summed E-state index contributed by atoms with van der Waals surface area (Å²) in [5, 5.41) is 0.580. The van der Waals surface area contributed by atoms with Gasteiger partial charge in [-0.3, -0.25) is 0 Å². The van der Waals surface area contributed by atoms with Gasteiger partial charge in [0.1, 0.15) is 5.82 Å². The fourth-order valence-corrected chi connectivity index (χ4v) is 3.29. The van der Waals surface area contributed by atoms with E-state index in [0.717, 1.165) is 17.8 Å². The molecule has 3 heteroatoms. The summed E-state index contributed by atoms with van der Waals surface area (Å²) < 4.78 is 13.8. The third kappa shape index (κ3) is 2.49. The van der Waals surface area contributed by atoms with Gasteiger partial charge in [0, 0.05) is 29.2 Å². The van der Waals surface area contributed by atoms with Crippen LogP contribution in [-0.2, 0) is 5.33 Å². The molecule has 0 bridgehead atoms. The maximum Gasteiger partial charge on any atom is 0.129 e. The Hall–Kier alpha value is -0.570. The highest BCUT2D eigenvalue weighted by molar-refractivity contribution is 9.08. The van der Waals surface area contributed by atoms with Crippen molar-refractivity contribution in [1.29, 1.82) is 0 Å². The molecule has 0 aliphatic carbocycles. The standard InChI is InChI=1S/C14H19BrFN/c1-10(2)13-7-4-8-17(13)14-6-3-5-12(16)11(14)9-15/h3,5-6,10,13H,4,7-9H2,1-2H3. The molecular formula is C14H19BrFN. The highest BCUT2D eigenvalue weighted by atomic mass is 79.9. The average molecular weight is 300 g/mol. The second-order valence-electron chi connectivity index (χ2n) is 5.02. The van der Waals surface area contributed by atoms with Crippen molar-refractivity contribution in [3.63, 3.8) is 0 Å². The molecule has 0 amide bonds. The molecule has 0 N–H and O–H groups in total. The number of benzene rings is 1. The van der Waals surface area contributed by atoms with Gasteiger partial charge in [0.05, 0.1) is 0 Å². The number of anilines is 1. The summed E-state index contributed by atoms with van der Waals surface area (Å²) in [4.78, 5) is 2.38. The number of hydrogen-bond donors (Lipinski definition) is 0. The van der Waals surface area contributed by atoms with Crippen LogP contribution in [0, 0.1) is 11.7 Å². The van der Waals surface area contributed by atoms with E-state index in [-0.39, 0.29) is 5.82 Å². The molecule has 1 unspecified atom stereocenters. The third-order valence-electron chi connectivity index (χ3n) is 3.61. The van der Waals surface area contributed by atoms with E-state index in [1.165, 1.54) is 12.8 Å². The highest BCUT2D eigenvalue weighted by Crippen LogP contribution is 2.33. The van der Waals surface area contributed by atoms with Gasteiger partial charge >= 0.3 is 0 Å². The van der Waals surface area contributed by atoms with Crippen molar-refractivity contribution in [2.45, 2.75) is 38.1 Å². The van der Waals surface area contributed by atoms with E-state index >= 15 is 0 Å². The summed E-state index contributed by atoms with van der Waals surface area (Å²) in [6.07, 6.45) is 2.43. The van der Waals surface area contributed by atoms with Crippen LogP contribution in [0.3, 0.4) is 0 Å². The Bertz CT molecular complexity index is 392. The Labute approximate surface area is 111 Å². The van der Waals surface area contributed by atoms with Crippen LogP contribution in [0.2, 0.25) is 0 Å². The molecule has 2 rings (SSSR count). The maximum absolute atomic E-state index is 13.8. The molecule has 1 heterocycles. The van der Waals surface area contributed by atoms with Crippen LogP contribution >= 0.6 is 15.9 Å². The number of hydrogen-bond acceptors (Lipinski definition) is 1. The van der Waals surface area contributed by atoms with Gasteiger partial charge in [-0.15, -0.1) is 0 Å². The summed E-state index contributed by atoms with van der Waals surface area (Å²) in [6, 6.07) is 5.95. The van der Waals surface area contributed by atoms with Crippen LogP contribution in [0.4, 0.5) is 10.1 Å². The van der Waals surface area contributed by atoms with Gasteiger partial charge in [0.25, 0.3) is 0 Å². The minimum atomic E-state index is -0.103. The average Bonchev–Trinajstić information content (AvgIpc) is 2.77. The Kier molecular flexibility index (Phi) is 4.08. The Morgan fingerprint density at radius 2 is 2.24 bits per heavy atom. The Morgan fingerprint density at radius 3 is 2.88 bits per heavy atom. The van der Waals surface area contributed by atoms with Crippen LogP contribution in [0.1, 0.15) is 32.3 Å². The van der Waals surface area contributed by atoms with E-state index in [1.54, 1.807) is 6.07 Å². The molecular weight excluding hydrogens is 281 g/mol. The maximum atomic E-state index is 13.8. The third-order valence-corrected chi connectivity index (χ3v) is 4.17. The van der Waals surface area contributed by atoms with Crippen molar-refractivity contribution in [2.24, 2.45) is 5.92 Å². The summed E-state index contributed by atoms with van der Waals surface area (Å²) >= 11 is 3.40. The van der Waals surface area contributed by atoms with Crippen molar-refractivity contribution in [1.82, 2.24) is 0 Å². The van der Waals surface area contributed by atoms with E-state index in [1.807, 2.05) is 12.1 Å². The summed E-state index contributed by atoms with van der Waals surface area (Å²) in [7, 11) is 0. The van der Waals surface area contributed by atoms with E-state index in [9.17, 15) is 4.39 Å². The molecule has 0 aromatic heterocycles. The van der Waals surface area contributed by atoms with Crippen LogP contribution in [0.15, 0.2) is 18.2 Å². The lowest BCUT2D eigenvalue weighted by atomic mass is 10.0. The Balaban J connectivity index is 2.36. The highest BCUT2D eigenvalue weighted by Gasteiger charge is 2.28. The molecule has 1 aromatic rings. The molecule has 1 aliphatic heterocycles. The normalized spacial score (nSPS) is 20.3. The van der Waals surface area contributed by atoms with Crippen molar-refractivity contribution in [3.05, 3.63) is 29.6 Å². The largest absolute Gasteiger partial charge is 0.368 e. The number of alkyl halides is 1. The molecule has 0 saturated carbocycles. The number of halogens is 2. The van der Waals surface area contributed by atoms with Gasteiger partial charge < -0.3 is 4.90 Å². The van der Waals surface area contributed by atoms with Gasteiger partial charge in [-0.05, 0) is 30.9 Å². The minimum absolute atomic E-state index is 0.103. The zero-order valence-electron chi connectivity index (χ0n) is 10.4. The summed E-state index contributed by atoms with van der Waals surface area (Å²) in [5.74, 6) is 0.512. The molecule has 0 radical (unpaired) electrons. The molecule has 0 spiro atoms. The molecule has 1 saturated heterocycles. The number of nitrogens with zero attached hydrogens (tertiary/aromatic N) is 1. The quantitative estimate of drug-likeness (QED) is 0.750. The molecule has 1 aliphatic rings. The van der Waals surface area contributed by atoms with Gasteiger partial charge in [0.15, 0.2) is 0 Å². The minimum Gasteiger partial charge on any atom is -0.368 e. The van der Waals surface area contributed by atoms with Gasteiger partial charge in [0.2, 0.25) is 0 Å². The van der Waals surface area contributed by atoms with E-state index < -0.39 is 0 Å². The van der Waals surface area contributed by atoms with Gasteiger partial charge in [-0.2, -0.15) is 0 Å². The second kappa shape index (κ2) is 5.38. The molecule has 94 valence electrons. The van der Waals surface area contributed by atoms with Crippen LogP contribution in [-0.4, -0.2) is 12.6 Å². The lowest BCUT2D eigenvalue weighted by Crippen LogP contribution is -2.34. The first-order chi connectivity index (χ1) is 8.15. The summed E-state index contributed by atoms with van der Waals surface area (Å²) in [5.41, 5.74) is 1.86. The Morgan fingerprint density at radius 1 is 1.47 bits per heavy atom. The predicted molar refractivity (Wildman–Crippen MR) is 74.2 cm³/mol. The number of rotatable bonds is 3. The lowest BCUT2D eigenvalue weighted by molar-refractivity contribution is 0.490. The van der Waals surface area contributed by atoms with Crippen LogP contribution < -0.4 is 4.90 Å². The van der Waals surface area contributed by atoms with Crippen LogP contribution in [0.25, 0.3) is 0 Å². The monoisotopic (exact) mass is 299 g/mol. The molecule has 1 fully saturated rings. The molecule has 1 aromatic carbocycles. The van der Waals surface area contributed by atoms with Crippen molar-refractivity contribution < 1.29 is 4.39 Å². The summed E-state index contributed by atoms with van der Waals surface area (Å²) in [6.45, 7) is 5.54. The topological polar surface area (TPSA) is 3.24 Å². The molecule has 1 nitrogen and oxygen atoms in total. The van der Waals surface area contributed by atoms with Crippen LogP contribution in [0.5, 0.6) is 0 Å². The molecule has 17 heavy (non-hydrogen) atoms. The van der Waals surface area contributed by atoms with E-state index in [0.29, 0.717) is 17.3 Å². The van der Waals surface area contributed by atoms with Crippen molar-refractivity contribution >= 4 is 21.6 Å². The van der Waals surface area contributed by atoms with Gasteiger partial charge in [-0.25, -0.2) is 4.39 Å². The van der Waals surface area contributed by atoms with E-state index in [2.05, 4.69) is 34.7 Å². The molecule has 1 atom stereocenters. The second-order valence-corrected chi connectivity index (χ2v) is 5.58. The zero-order chi connectivity index (χ0) is 12.4. The van der Waals surface area contributed by atoms with Crippen molar-refractivity contribution in [2.75, 3.05) is 11.4 Å². The predicted octanol–water partition coefficient (Wildman–Crippen LogP) is 4.35. The first-order valence-corrected chi connectivity index (χ1v) is 7.37. The smallest absolute Gasteiger partial charge is 0.129 e. The van der Waals surface area contributed by atoms with Gasteiger partial charge in [-0.1, -0.05) is 35.8 Å². The first kappa shape index (κ1) is 12.9.